The largest absolute Gasteiger partial charge is 0.388 e. The Kier molecular flexibility index (Phi) is 1.26. The summed E-state index contributed by atoms with van der Waals surface area (Å²) in [5, 5.41) is 3.25. The molecule has 0 amide bonds. The summed E-state index contributed by atoms with van der Waals surface area (Å²) in [6.45, 7) is 0.983. The van der Waals surface area contributed by atoms with E-state index in [1.54, 1.807) is 0 Å². The van der Waals surface area contributed by atoms with E-state index in [4.69, 9.17) is 0 Å². The van der Waals surface area contributed by atoms with Gasteiger partial charge in [-0.25, -0.2) is 0 Å². The van der Waals surface area contributed by atoms with Crippen molar-refractivity contribution >= 4 is 5.78 Å². The van der Waals surface area contributed by atoms with Crippen molar-refractivity contribution in [1.82, 2.24) is 5.32 Å². The van der Waals surface area contributed by atoms with E-state index < -0.39 is 0 Å². The van der Waals surface area contributed by atoms with Crippen LogP contribution in [0.3, 0.4) is 0 Å². The van der Waals surface area contributed by atoms with E-state index in [1.165, 1.54) is 5.70 Å². The molecule has 0 radical (unpaired) electrons. The van der Waals surface area contributed by atoms with Gasteiger partial charge in [0.15, 0.2) is 5.78 Å². The highest BCUT2D eigenvalue weighted by molar-refractivity contribution is 5.97. The van der Waals surface area contributed by atoms with Crippen molar-refractivity contribution in [2.24, 2.45) is 0 Å². The molecule has 0 bridgehead atoms. The molecular weight excluding hydrogens is 126 g/mol. The van der Waals surface area contributed by atoms with Gasteiger partial charge in [-0.15, -0.1) is 0 Å². The number of hydrogen-bond donors (Lipinski definition) is 1. The summed E-state index contributed by atoms with van der Waals surface area (Å²) in [7, 11) is 0. The predicted molar refractivity (Wildman–Crippen MR) is 38.5 cm³/mol. The van der Waals surface area contributed by atoms with Crippen molar-refractivity contribution in [2.45, 2.75) is 25.7 Å². The maximum Gasteiger partial charge on any atom is 0.160 e. The number of ketones is 1. The quantitative estimate of drug-likeness (QED) is 0.539. The number of carbonyl (C=O) groups excluding carboxylic acids is 1. The highest BCUT2D eigenvalue weighted by atomic mass is 16.1. The van der Waals surface area contributed by atoms with Crippen LogP contribution in [-0.2, 0) is 4.79 Å². The zero-order chi connectivity index (χ0) is 6.97. The smallest absolute Gasteiger partial charge is 0.160 e. The molecule has 2 rings (SSSR count). The van der Waals surface area contributed by atoms with E-state index in [-0.39, 0.29) is 0 Å². The van der Waals surface area contributed by atoms with Crippen molar-refractivity contribution in [3.63, 3.8) is 0 Å². The Hall–Kier alpha value is -0.790. The molecule has 0 spiro atoms. The van der Waals surface area contributed by atoms with Crippen LogP contribution in [-0.4, -0.2) is 12.3 Å². The summed E-state index contributed by atoms with van der Waals surface area (Å²) >= 11 is 0. The Morgan fingerprint density at radius 1 is 1.20 bits per heavy atom. The zero-order valence-electron chi connectivity index (χ0n) is 5.94. The lowest BCUT2D eigenvalue weighted by Crippen LogP contribution is -2.12. The maximum atomic E-state index is 11.2. The van der Waals surface area contributed by atoms with Crippen molar-refractivity contribution in [1.29, 1.82) is 0 Å². The second kappa shape index (κ2) is 2.11. The van der Waals surface area contributed by atoms with Crippen LogP contribution in [0, 0.1) is 0 Å². The van der Waals surface area contributed by atoms with E-state index in [0.29, 0.717) is 5.78 Å². The molecule has 1 heterocycles. The summed E-state index contributed by atoms with van der Waals surface area (Å²) in [5.74, 6) is 0.381. The number of allylic oxidation sites excluding steroid dienone is 1. The van der Waals surface area contributed by atoms with E-state index in [9.17, 15) is 4.79 Å². The number of nitrogens with one attached hydrogen (secondary N) is 1. The normalized spacial score (nSPS) is 24.6. The second-order valence-electron chi connectivity index (χ2n) is 2.91. The minimum absolute atomic E-state index is 0.381. The highest BCUT2D eigenvalue weighted by Crippen LogP contribution is 2.25. The molecule has 2 aliphatic rings. The first-order valence-electron chi connectivity index (χ1n) is 3.87. The average Bonchev–Trinajstić information content (AvgIpc) is 2.36. The van der Waals surface area contributed by atoms with Crippen LogP contribution in [0.5, 0.6) is 0 Å². The molecule has 54 valence electrons. The molecule has 0 saturated heterocycles. The van der Waals surface area contributed by atoms with Gasteiger partial charge in [-0.05, 0) is 19.3 Å². The van der Waals surface area contributed by atoms with E-state index in [1.807, 2.05) is 0 Å². The highest BCUT2D eigenvalue weighted by Gasteiger charge is 2.23. The van der Waals surface area contributed by atoms with Gasteiger partial charge >= 0.3 is 0 Å². The van der Waals surface area contributed by atoms with Gasteiger partial charge in [-0.3, -0.25) is 4.79 Å². The molecule has 1 aliphatic carbocycles. The topological polar surface area (TPSA) is 29.1 Å². The third kappa shape index (κ3) is 0.753. The molecule has 0 saturated carbocycles. The average molecular weight is 137 g/mol. The molecule has 1 N–H and O–H groups in total. The zero-order valence-corrected chi connectivity index (χ0v) is 5.94. The Morgan fingerprint density at radius 2 is 2.10 bits per heavy atom. The molecule has 2 nitrogen and oxygen atoms in total. The molecule has 10 heavy (non-hydrogen) atoms. The minimum Gasteiger partial charge on any atom is -0.388 e. The first-order chi connectivity index (χ1) is 4.88. The molecule has 1 aliphatic heterocycles. The van der Waals surface area contributed by atoms with Crippen LogP contribution in [0.4, 0.5) is 0 Å². The monoisotopic (exact) mass is 137 g/mol. The fraction of sp³-hybridized carbons (Fsp3) is 0.625. The predicted octanol–water partition coefficient (Wildman–Crippen LogP) is 0.987. The van der Waals surface area contributed by atoms with Gasteiger partial charge in [0.05, 0.1) is 0 Å². The number of carbonyl (C=O) groups is 1. The molecule has 0 unspecified atom stereocenters. The van der Waals surface area contributed by atoms with E-state index in [2.05, 4.69) is 5.32 Å². The summed E-state index contributed by atoms with van der Waals surface area (Å²) in [5.41, 5.74) is 2.32. The third-order valence-electron chi connectivity index (χ3n) is 2.24. The lowest BCUT2D eigenvalue weighted by Gasteiger charge is -2.11. The van der Waals surface area contributed by atoms with Gasteiger partial charge in [-0.1, -0.05) is 0 Å². The Labute approximate surface area is 60.3 Å². The second-order valence-corrected chi connectivity index (χ2v) is 2.91. The number of hydrogen-bond acceptors (Lipinski definition) is 2. The molecule has 0 fully saturated rings. The van der Waals surface area contributed by atoms with Crippen LogP contribution in [0.1, 0.15) is 25.7 Å². The van der Waals surface area contributed by atoms with Crippen molar-refractivity contribution in [2.75, 3.05) is 6.54 Å². The lowest BCUT2D eigenvalue weighted by molar-refractivity contribution is -0.116. The SMILES string of the molecule is O=C1CCCC2=C1CCN2. The van der Waals surface area contributed by atoms with E-state index in [0.717, 1.165) is 37.8 Å². The van der Waals surface area contributed by atoms with Crippen molar-refractivity contribution in [3.8, 4) is 0 Å². The molecule has 2 heteroatoms. The Bertz CT molecular complexity index is 205. The molecule has 0 aromatic rings. The summed E-state index contributed by atoms with van der Waals surface area (Å²) in [6.07, 6.45) is 3.89. The van der Waals surface area contributed by atoms with Gasteiger partial charge in [0, 0.05) is 24.2 Å². The minimum atomic E-state index is 0.381. The molecule has 0 aromatic carbocycles. The maximum absolute atomic E-state index is 11.2. The molecule has 0 atom stereocenters. The van der Waals surface area contributed by atoms with E-state index >= 15 is 0 Å². The van der Waals surface area contributed by atoms with Gasteiger partial charge < -0.3 is 5.32 Å². The van der Waals surface area contributed by atoms with Gasteiger partial charge in [-0.2, -0.15) is 0 Å². The summed E-state index contributed by atoms with van der Waals surface area (Å²) in [4.78, 5) is 11.2. The van der Waals surface area contributed by atoms with Crippen LogP contribution < -0.4 is 5.32 Å². The number of Topliss-reactive ketones (excluding diaryl/α,β-unsaturated/α-hetero) is 1. The van der Waals surface area contributed by atoms with Crippen LogP contribution in [0.15, 0.2) is 11.3 Å². The fourth-order valence-electron chi connectivity index (χ4n) is 1.72. The first-order valence-corrected chi connectivity index (χ1v) is 3.87. The van der Waals surface area contributed by atoms with Gasteiger partial charge in [0.2, 0.25) is 0 Å². The van der Waals surface area contributed by atoms with Crippen molar-refractivity contribution < 1.29 is 4.79 Å². The fourth-order valence-corrected chi connectivity index (χ4v) is 1.72. The van der Waals surface area contributed by atoms with Crippen LogP contribution in [0.25, 0.3) is 0 Å². The van der Waals surface area contributed by atoms with Crippen molar-refractivity contribution in [3.05, 3.63) is 11.3 Å². The third-order valence-corrected chi connectivity index (χ3v) is 2.24. The Balaban J connectivity index is 2.31. The van der Waals surface area contributed by atoms with Gasteiger partial charge in [0.25, 0.3) is 0 Å². The standard InChI is InChI=1S/C8H11NO/c10-8-3-1-2-7-6(8)4-5-9-7/h9H,1-5H2. The first kappa shape index (κ1) is 5.96. The van der Waals surface area contributed by atoms with Gasteiger partial charge in [0.1, 0.15) is 0 Å². The Morgan fingerprint density at radius 3 is 2.90 bits per heavy atom. The summed E-state index contributed by atoms with van der Waals surface area (Å²) in [6, 6.07) is 0. The van der Waals surface area contributed by atoms with Crippen LogP contribution in [0.2, 0.25) is 0 Å². The summed E-state index contributed by atoms with van der Waals surface area (Å²) < 4.78 is 0. The lowest BCUT2D eigenvalue weighted by atomic mass is 9.95. The number of rotatable bonds is 0. The van der Waals surface area contributed by atoms with Crippen LogP contribution >= 0.6 is 0 Å². The molecule has 0 aromatic heterocycles. The molecular formula is C8H11NO.